The molecule has 0 amide bonds. The number of hydrogen-bond donors (Lipinski definition) is 2. The summed E-state index contributed by atoms with van der Waals surface area (Å²) in [6, 6.07) is 2.01. The standard InChI is InChI=1S/C19H16F6N10O/c20-18(21,22)11-8-28-35-15(11)30-17(34-3-5-36-6-4-34)31-16(35)27-9-13-29-14(33-32-13)10-1-2-12(26-7-10)19(23,24)25/h1-2,7-8H,3-6,9H2,(H,27,30,31)(H,29,32,33). The molecular weight excluding hydrogens is 498 g/mol. The molecule has 4 aromatic rings. The number of nitrogens with one attached hydrogen (secondary N) is 2. The lowest BCUT2D eigenvalue weighted by Gasteiger charge is -2.27. The van der Waals surface area contributed by atoms with Crippen molar-refractivity contribution in [1.29, 1.82) is 0 Å². The van der Waals surface area contributed by atoms with Crippen LogP contribution < -0.4 is 10.2 Å². The van der Waals surface area contributed by atoms with E-state index in [1.807, 2.05) is 0 Å². The average Bonchev–Trinajstić information content (AvgIpc) is 3.50. The van der Waals surface area contributed by atoms with Crippen LogP contribution in [0.15, 0.2) is 24.5 Å². The molecule has 1 saturated heterocycles. The van der Waals surface area contributed by atoms with Crippen molar-refractivity contribution in [3.8, 4) is 11.4 Å². The molecule has 0 radical (unpaired) electrons. The average molecular weight is 514 g/mol. The number of halogens is 6. The third-order valence-corrected chi connectivity index (χ3v) is 5.23. The molecule has 0 aromatic carbocycles. The van der Waals surface area contributed by atoms with Crippen LogP contribution in [0.5, 0.6) is 0 Å². The van der Waals surface area contributed by atoms with Gasteiger partial charge in [0.1, 0.15) is 17.1 Å². The van der Waals surface area contributed by atoms with E-state index in [0.717, 1.165) is 16.8 Å². The molecule has 0 saturated carbocycles. The summed E-state index contributed by atoms with van der Waals surface area (Å²) in [6.45, 7) is 1.50. The maximum Gasteiger partial charge on any atom is 0.433 e. The van der Waals surface area contributed by atoms with Crippen molar-refractivity contribution < 1.29 is 31.1 Å². The monoisotopic (exact) mass is 514 g/mol. The van der Waals surface area contributed by atoms with Gasteiger partial charge in [0.05, 0.1) is 26.0 Å². The van der Waals surface area contributed by atoms with Crippen molar-refractivity contribution in [1.82, 2.24) is 39.7 Å². The fourth-order valence-corrected chi connectivity index (χ4v) is 3.46. The predicted octanol–water partition coefficient (Wildman–Crippen LogP) is 2.79. The summed E-state index contributed by atoms with van der Waals surface area (Å²) in [7, 11) is 0. The molecule has 17 heteroatoms. The zero-order valence-electron chi connectivity index (χ0n) is 18.1. The van der Waals surface area contributed by atoms with E-state index in [1.165, 1.54) is 6.07 Å². The summed E-state index contributed by atoms with van der Waals surface area (Å²) in [4.78, 5) is 16.3. The van der Waals surface area contributed by atoms with E-state index in [4.69, 9.17) is 4.74 Å². The van der Waals surface area contributed by atoms with Crippen LogP contribution >= 0.6 is 0 Å². The van der Waals surface area contributed by atoms with E-state index in [1.54, 1.807) is 4.90 Å². The molecular formula is C19H16F6N10O. The Morgan fingerprint density at radius 2 is 1.75 bits per heavy atom. The lowest BCUT2D eigenvalue weighted by molar-refractivity contribution is -0.141. The van der Waals surface area contributed by atoms with E-state index in [-0.39, 0.29) is 35.7 Å². The van der Waals surface area contributed by atoms with Crippen molar-refractivity contribution in [2.75, 3.05) is 36.5 Å². The number of H-pyrrole nitrogens is 1. The van der Waals surface area contributed by atoms with E-state index in [9.17, 15) is 26.3 Å². The Morgan fingerprint density at radius 1 is 0.972 bits per heavy atom. The van der Waals surface area contributed by atoms with Gasteiger partial charge in [-0.1, -0.05) is 0 Å². The van der Waals surface area contributed by atoms with Gasteiger partial charge in [-0.2, -0.15) is 45.9 Å². The SMILES string of the molecule is FC(F)(F)c1ccc(-c2nnc(CNc3nc(N4CCOCC4)nc4c(C(F)(F)F)cnn34)[nH]2)cn1. The Labute approximate surface area is 197 Å². The molecule has 4 aromatic heterocycles. The van der Waals surface area contributed by atoms with Crippen LogP contribution in [-0.4, -0.2) is 66.1 Å². The molecule has 1 fully saturated rings. The number of nitrogens with zero attached hydrogens (tertiary/aromatic N) is 8. The highest BCUT2D eigenvalue weighted by Gasteiger charge is 2.36. The molecule has 5 rings (SSSR count). The second-order valence-corrected chi connectivity index (χ2v) is 7.64. The Balaban J connectivity index is 1.40. The van der Waals surface area contributed by atoms with Gasteiger partial charge in [-0.05, 0) is 12.1 Å². The number of pyridine rings is 1. The van der Waals surface area contributed by atoms with E-state index >= 15 is 0 Å². The first-order valence-electron chi connectivity index (χ1n) is 10.4. The number of hydrogen-bond acceptors (Lipinski definition) is 9. The van der Waals surface area contributed by atoms with Gasteiger partial charge in [0.25, 0.3) is 0 Å². The van der Waals surface area contributed by atoms with Gasteiger partial charge < -0.3 is 19.9 Å². The van der Waals surface area contributed by atoms with Crippen molar-refractivity contribution in [2.45, 2.75) is 18.9 Å². The maximum atomic E-state index is 13.5. The smallest absolute Gasteiger partial charge is 0.378 e. The van der Waals surface area contributed by atoms with Crippen LogP contribution in [0.25, 0.3) is 17.0 Å². The van der Waals surface area contributed by atoms with E-state index in [0.29, 0.717) is 32.5 Å². The molecule has 2 N–H and O–H groups in total. The van der Waals surface area contributed by atoms with Crippen molar-refractivity contribution in [2.24, 2.45) is 0 Å². The minimum Gasteiger partial charge on any atom is -0.378 e. The summed E-state index contributed by atoms with van der Waals surface area (Å²) in [6.07, 6.45) is -7.57. The second kappa shape index (κ2) is 8.89. The molecule has 0 spiro atoms. The van der Waals surface area contributed by atoms with Gasteiger partial charge in [-0.15, -0.1) is 10.2 Å². The Hall–Kier alpha value is -4.02. The number of ether oxygens (including phenoxy) is 1. The largest absolute Gasteiger partial charge is 0.433 e. The van der Waals surface area contributed by atoms with Gasteiger partial charge in [0.2, 0.25) is 11.9 Å². The highest BCUT2D eigenvalue weighted by molar-refractivity contribution is 5.56. The zero-order chi connectivity index (χ0) is 25.5. The normalized spacial score (nSPS) is 15.0. The first-order valence-corrected chi connectivity index (χ1v) is 10.4. The van der Waals surface area contributed by atoms with E-state index in [2.05, 4.69) is 40.5 Å². The molecule has 0 aliphatic carbocycles. The van der Waals surface area contributed by atoms with Crippen LogP contribution in [0.2, 0.25) is 0 Å². The Kier molecular flexibility index (Phi) is 5.85. The Morgan fingerprint density at radius 3 is 2.42 bits per heavy atom. The molecule has 36 heavy (non-hydrogen) atoms. The maximum absolute atomic E-state index is 13.5. The first-order chi connectivity index (χ1) is 17.1. The fraction of sp³-hybridized carbons (Fsp3) is 0.368. The van der Waals surface area contributed by atoms with Crippen LogP contribution in [-0.2, 0) is 23.6 Å². The van der Waals surface area contributed by atoms with Crippen molar-refractivity contribution in [3.63, 3.8) is 0 Å². The predicted molar refractivity (Wildman–Crippen MR) is 111 cm³/mol. The van der Waals surface area contributed by atoms with Crippen molar-refractivity contribution in [3.05, 3.63) is 41.6 Å². The minimum absolute atomic E-state index is 0.0221. The zero-order valence-corrected chi connectivity index (χ0v) is 18.1. The molecule has 0 bridgehead atoms. The lowest BCUT2D eigenvalue weighted by atomic mass is 10.2. The number of morpholine rings is 1. The number of fused-ring (bicyclic) bond motifs is 1. The summed E-state index contributed by atoms with van der Waals surface area (Å²) in [5.74, 6) is 0.459. The van der Waals surface area contributed by atoms with Gasteiger partial charge in [-0.3, -0.25) is 4.98 Å². The number of anilines is 2. The summed E-state index contributed by atoms with van der Waals surface area (Å²) in [5.41, 5.74) is -2.22. The van der Waals surface area contributed by atoms with Crippen LogP contribution in [0.3, 0.4) is 0 Å². The van der Waals surface area contributed by atoms with Crippen LogP contribution in [0.1, 0.15) is 17.1 Å². The molecule has 1 aliphatic rings. The number of rotatable bonds is 5. The second-order valence-electron chi connectivity index (χ2n) is 7.64. The number of alkyl halides is 6. The lowest BCUT2D eigenvalue weighted by Crippen LogP contribution is -2.37. The highest BCUT2D eigenvalue weighted by Crippen LogP contribution is 2.33. The molecule has 190 valence electrons. The third-order valence-electron chi connectivity index (χ3n) is 5.23. The topological polar surface area (TPSA) is 122 Å². The van der Waals surface area contributed by atoms with E-state index < -0.39 is 29.3 Å². The van der Waals surface area contributed by atoms with Crippen LogP contribution in [0.4, 0.5) is 38.2 Å². The third kappa shape index (κ3) is 4.73. The van der Waals surface area contributed by atoms with Gasteiger partial charge in [-0.25, -0.2) is 0 Å². The summed E-state index contributed by atoms with van der Waals surface area (Å²) >= 11 is 0. The highest BCUT2D eigenvalue weighted by atomic mass is 19.4. The molecule has 11 nitrogen and oxygen atoms in total. The molecule has 5 heterocycles. The van der Waals surface area contributed by atoms with Gasteiger partial charge in [0, 0.05) is 24.8 Å². The summed E-state index contributed by atoms with van der Waals surface area (Å²) in [5, 5.41) is 14.5. The van der Waals surface area contributed by atoms with Crippen LogP contribution in [0, 0.1) is 0 Å². The molecule has 0 unspecified atom stereocenters. The molecule has 1 aliphatic heterocycles. The number of aromatic amines is 1. The fourth-order valence-electron chi connectivity index (χ4n) is 3.46. The number of aromatic nitrogens is 8. The van der Waals surface area contributed by atoms with Gasteiger partial charge >= 0.3 is 12.4 Å². The van der Waals surface area contributed by atoms with Crippen molar-refractivity contribution >= 4 is 17.5 Å². The Bertz CT molecular complexity index is 1360. The molecule has 0 atom stereocenters. The first kappa shape index (κ1) is 23.7. The quantitative estimate of drug-likeness (QED) is 0.387. The van der Waals surface area contributed by atoms with Gasteiger partial charge in [0.15, 0.2) is 11.5 Å². The summed E-state index contributed by atoms with van der Waals surface area (Å²) < 4.78 is 84.9. The minimum atomic E-state index is -4.68.